The van der Waals surface area contributed by atoms with Gasteiger partial charge < -0.3 is 4.74 Å². The van der Waals surface area contributed by atoms with Crippen molar-refractivity contribution in [3.05, 3.63) is 40.6 Å². The van der Waals surface area contributed by atoms with Gasteiger partial charge >= 0.3 is 0 Å². The van der Waals surface area contributed by atoms with Crippen LogP contribution < -0.4 is 4.74 Å². The average Bonchev–Trinajstić information content (AvgIpc) is 3.08. The van der Waals surface area contributed by atoms with Crippen molar-refractivity contribution in [3.63, 3.8) is 0 Å². The van der Waals surface area contributed by atoms with Gasteiger partial charge in [-0.15, -0.1) is 11.8 Å². The van der Waals surface area contributed by atoms with E-state index in [1.54, 1.807) is 23.5 Å². The summed E-state index contributed by atoms with van der Waals surface area (Å²) in [4.78, 5) is 30.2. The first kappa shape index (κ1) is 19.4. The molecule has 0 fully saturated rings. The molecule has 0 saturated carbocycles. The van der Waals surface area contributed by atoms with Crippen molar-refractivity contribution in [2.75, 3.05) is 19.4 Å². The standard InChI is InChI=1S/C20H23N3O3S/c1-5-23-20(26-11-12(2)24)15(10-22-23)19(25)14-6-7-17-18(13(14)3)16(21-4)8-9-27-17/h6-7,10H,5,8-9,11H2,1-4H3. The zero-order valence-corrected chi connectivity index (χ0v) is 16.9. The van der Waals surface area contributed by atoms with E-state index in [0.29, 0.717) is 23.6 Å². The molecule has 1 aliphatic heterocycles. The minimum absolute atomic E-state index is 0.0849. The molecule has 0 aliphatic carbocycles. The monoisotopic (exact) mass is 385 g/mol. The minimum Gasteiger partial charge on any atom is -0.469 e. The van der Waals surface area contributed by atoms with Crippen LogP contribution in [0.15, 0.2) is 28.2 Å². The fourth-order valence-corrected chi connectivity index (χ4v) is 4.34. The van der Waals surface area contributed by atoms with Crippen LogP contribution in [0.1, 0.15) is 47.3 Å². The van der Waals surface area contributed by atoms with Gasteiger partial charge in [0.1, 0.15) is 12.2 Å². The molecular weight excluding hydrogens is 362 g/mol. The first-order valence-electron chi connectivity index (χ1n) is 8.93. The van der Waals surface area contributed by atoms with E-state index in [-0.39, 0.29) is 18.2 Å². The molecule has 6 nitrogen and oxygen atoms in total. The predicted octanol–water partition coefficient (Wildman–Crippen LogP) is 3.32. The number of aryl methyl sites for hydroxylation is 1. The third kappa shape index (κ3) is 3.69. The number of Topliss-reactive ketones (excluding diaryl/α,β-unsaturated/α-hetero) is 1. The fraction of sp³-hybridized carbons (Fsp3) is 0.400. The molecule has 1 aromatic heterocycles. The summed E-state index contributed by atoms with van der Waals surface area (Å²) >= 11 is 1.79. The van der Waals surface area contributed by atoms with E-state index in [4.69, 9.17) is 4.74 Å². The number of carbonyl (C=O) groups is 2. The summed E-state index contributed by atoms with van der Waals surface area (Å²) in [6, 6.07) is 3.85. The second-order valence-corrected chi connectivity index (χ2v) is 7.52. The molecule has 1 aromatic carbocycles. The van der Waals surface area contributed by atoms with Crippen molar-refractivity contribution in [3.8, 4) is 5.88 Å². The Morgan fingerprint density at radius 2 is 2.11 bits per heavy atom. The Bertz CT molecular complexity index is 931. The number of thioether (sulfide) groups is 1. The highest BCUT2D eigenvalue weighted by atomic mass is 32.2. The summed E-state index contributed by atoms with van der Waals surface area (Å²) in [7, 11) is 1.79. The van der Waals surface area contributed by atoms with Gasteiger partial charge in [-0.2, -0.15) is 5.10 Å². The molecular formula is C20H23N3O3S. The van der Waals surface area contributed by atoms with Gasteiger partial charge in [0.25, 0.3) is 0 Å². The Hall–Kier alpha value is -2.41. The number of ketones is 2. The van der Waals surface area contributed by atoms with E-state index in [0.717, 1.165) is 33.9 Å². The maximum atomic E-state index is 13.3. The van der Waals surface area contributed by atoms with Crippen molar-refractivity contribution >= 4 is 29.0 Å². The zero-order valence-electron chi connectivity index (χ0n) is 16.0. The maximum absolute atomic E-state index is 13.3. The van der Waals surface area contributed by atoms with Crippen LogP contribution in [0.4, 0.5) is 0 Å². The predicted molar refractivity (Wildman–Crippen MR) is 106 cm³/mol. The Balaban J connectivity index is 2.05. The summed E-state index contributed by atoms with van der Waals surface area (Å²) < 4.78 is 7.20. The van der Waals surface area contributed by atoms with Gasteiger partial charge in [0.2, 0.25) is 5.88 Å². The van der Waals surface area contributed by atoms with Gasteiger partial charge in [0.15, 0.2) is 11.6 Å². The number of benzene rings is 1. The van der Waals surface area contributed by atoms with Gasteiger partial charge in [0, 0.05) is 41.1 Å². The molecule has 0 spiro atoms. The average molecular weight is 385 g/mol. The zero-order chi connectivity index (χ0) is 19.6. The Kier molecular flexibility index (Phi) is 5.79. The lowest BCUT2D eigenvalue weighted by atomic mass is 9.93. The van der Waals surface area contributed by atoms with Gasteiger partial charge in [0.05, 0.1) is 6.20 Å². The lowest BCUT2D eigenvalue weighted by Gasteiger charge is -2.21. The maximum Gasteiger partial charge on any atom is 0.223 e. The molecule has 0 atom stereocenters. The third-order valence-corrected chi connectivity index (χ3v) is 5.63. The summed E-state index contributed by atoms with van der Waals surface area (Å²) in [5.41, 5.74) is 4.01. The Morgan fingerprint density at radius 3 is 2.78 bits per heavy atom. The van der Waals surface area contributed by atoms with Crippen LogP contribution in [0, 0.1) is 6.92 Å². The molecule has 0 radical (unpaired) electrons. The number of aliphatic imine (C=N–C) groups is 1. The smallest absolute Gasteiger partial charge is 0.223 e. The topological polar surface area (TPSA) is 73.6 Å². The quantitative estimate of drug-likeness (QED) is 0.713. The normalized spacial score (nSPS) is 14.9. The van der Waals surface area contributed by atoms with Crippen LogP contribution in [-0.4, -0.2) is 46.5 Å². The number of hydrogen-bond donors (Lipinski definition) is 0. The molecule has 27 heavy (non-hydrogen) atoms. The van der Waals surface area contributed by atoms with Crippen LogP contribution in [0.2, 0.25) is 0 Å². The van der Waals surface area contributed by atoms with Crippen molar-refractivity contribution in [2.45, 2.75) is 38.6 Å². The fourth-order valence-electron chi connectivity index (χ4n) is 3.24. The molecule has 0 amide bonds. The van der Waals surface area contributed by atoms with E-state index in [2.05, 4.69) is 10.1 Å². The van der Waals surface area contributed by atoms with E-state index in [9.17, 15) is 9.59 Å². The number of ether oxygens (including phenoxy) is 1. The van der Waals surface area contributed by atoms with Crippen molar-refractivity contribution in [1.29, 1.82) is 0 Å². The van der Waals surface area contributed by atoms with Crippen LogP contribution in [-0.2, 0) is 11.3 Å². The molecule has 2 heterocycles. The molecule has 3 rings (SSSR count). The second kappa shape index (κ2) is 8.08. The van der Waals surface area contributed by atoms with E-state index in [1.165, 1.54) is 13.1 Å². The first-order chi connectivity index (χ1) is 13.0. The number of aromatic nitrogens is 2. The van der Waals surface area contributed by atoms with Crippen LogP contribution in [0.25, 0.3) is 0 Å². The number of carbonyl (C=O) groups excluding carboxylic acids is 2. The van der Waals surface area contributed by atoms with Crippen molar-refractivity contribution in [1.82, 2.24) is 9.78 Å². The largest absolute Gasteiger partial charge is 0.469 e. The highest BCUT2D eigenvalue weighted by Crippen LogP contribution is 2.35. The number of hydrogen-bond acceptors (Lipinski definition) is 6. The Morgan fingerprint density at radius 1 is 1.33 bits per heavy atom. The van der Waals surface area contributed by atoms with Gasteiger partial charge in [-0.3, -0.25) is 14.6 Å². The van der Waals surface area contributed by atoms with E-state index < -0.39 is 0 Å². The number of nitrogens with zero attached hydrogens (tertiary/aromatic N) is 3. The highest BCUT2D eigenvalue weighted by molar-refractivity contribution is 7.99. The molecule has 142 valence electrons. The lowest BCUT2D eigenvalue weighted by Crippen LogP contribution is -2.16. The SMILES string of the molecule is CCn1ncc(C(=O)c2ccc3c(c2C)C(=NC)CCS3)c1OCC(C)=O. The molecule has 2 aromatic rings. The van der Waals surface area contributed by atoms with Gasteiger partial charge in [-0.25, -0.2) is 4.68 Å². The van der Waals surface area contributed by atoms with Gasteiger partial charge in [-0.05, 0) is 44.9 Å². The summed E-state index contributed by atoms with van der Waals surface area (Å²) in [6.07, 6.45) is 2.41. The number of rotatable bonds is 6. The van der Waals surface area contributed by atoms with Crippen LogP contribution >= 0.6 is 11.8 Å². The molecule has 0 saturated heterocycles. The summed E-state index contributed by atoms with van der Waals surface area (Å²) in [6.45, 7) is 5.78. The van der Waals surface area contributed by atoms with Crippen LogP contribution in [0.5, 0.6) is 5.88 Å². The molecule has 0 unspecified atom stereocenters. The van der Waals surface area contributed by atoms with E-state index >= 15 is 0 Å². The molecule has 7 heteroatoms. The first-order valence-corrected chi connectivity index (χ1v) is 9.91. The third-order valence-electron chi connectivity index (χ3n) is 4.57. The van der Waals surface area contributed by atoms with Crippen LogP contribution in [0.3, 0.4) is 0 Å². The molecule has 1 aliphatic rings. The summed E-state index contributed by atoms with van der Waals surface area (Å²) in [5.74, 6) is 1.08. The lowest BCUT2D eigenvalue weighted by molar-refractivity contribution is -0.119. The Labute approximate surface area is 163 Å². The minimum atomic E-state index is -0.153. The van der Waals surface area contributed by atoms with E-state index in [1.807, 2.05) is 26.0 Å². The van der Waals surface area contributed by atoms with Crippen molar-refractivity contribution in [2.24, 2.45) is 4.99 Å². The van der Waals surface area contributed by atoms with Crippen molar-refractivity contribution < 1.29 is 14.3 Å². The highest BCUT2D eigenvalue weighted by Gasteiger charge is 2.26. The second-order valence-electron chi connectivity index (χ2n) is 6.38. The molecule has 0 bridgehead atoms. The molecule has 0 N–H and O–H groups in total. The number of fused-ring (bicyclic) bond motifs is 1. The summed E-state index contributed by atoms with van der Waals surface area (Å²) in [5, 5.41) is 4.24. The van der Waals surface area contributed by atoms with Gasteiger partial charge in [-0.1, -0.05) is 0 Å².